The molecule has 2 rings (SSSR count). The highest BCUT2D eigenvalue weighted by Crippen LogP contribution is 2.28. The Kier molecular flexibility index (Phi) is 4.22. The van der Waals surface area contributed by atoms with Gasteiger partial charge >= 0.3 is 5.69 Å². The van der Waals surface area contributed by atoms with Crippen LogP contribution < -0.4 is 16.6 Å². The van der Waals surface area contributed by atoms with Crippen molar-refractivity contribution in [1.29, 1.82) is 0 Å². The fraction of sp³-hybridized carbons (Fsp3) is 0.556. The molecule has 0 aliphatic carbocycles. The van der Waals surface area contributed by atoms with E-state index in [0.717, 1.165) is 4.57 Å². The average Bonchev–Trinajstić information content (AvgIpc) is 2.61. The molecule has 1 aliphatic rings. The molecule has 1 aromatic rings. The van der Waals surface area contributed by atoms with Crippen molar-refractivity contribution in [2.24, 2.45) is 0 Å². The first-order chi connectivity index (χ1) is 8.45. The molecule has 100 valence electrons. The van der Waals surface area contributed by atoms with E-state index in [9.17, 15) is 19.8 Å². The number of alkyl halides is 1. The summed E-state index contributed by atoms with van der Waals surface area (Å²) in [6, 6.07) is 0. The summed E-state index contributed by atoms with van der Waals surface area (Å²) in [7, 11) is 2.19. The van der Waals surface area contributed by atoms with Crippen molar-refractivity contribution in [2.45, 2.75) is 24.5 Å². The summed E-state index contributed by atoms with van der Waals surface area (Å²) in [5.74, 6) is 0. The Morgan fingerprint density at radius 2 is 2.11 bits per heavy atom. The van der Waals surface area contributed by atoms with Crippen LogP contribution in [0.2, 0.25) is 0 Å². The summed E-state index contributed by atoms with van der Waals surface area (Å²) in [6.45, 7) is 0. The Hall–Kier alpha value is -0.280. The Balaban J connectivity index is 2.42. The predicted molar refractivity (Wildman–Crippen MR) is 75.5 cm³/mol. The summed E-state index contributed by atoms with van der Waals surface area (Å²) in [6.07, 6.45) is -2.53. The molecule has 2 heterocycles. The number of halogens is 1. The van der Waals surface area contributed by atoms with Gasteiger partial charge in [0.2, 0.25) is 0 Å². The van der Waals surface area contributed by atoms with Crippen molar-refractivity contribution < 1.29 is 14.9 Å². The van der Waals surface area contributed by atoms with Crippen LogP contribution in [0.4, 0.5) is 0 Å². The van der Waals surface area contributed by atoms with E-state index in [4.69, 9.17) is 4.74 Å². The maximum Gasteiger partial charge on any atom is 0.330 e. The van der Waals surface area contributed by atoms with E-state index in [2.05, 4.69) is 14.2 Å². The van der Waals surface area contributed by atoms with Crippen LogP contribution in [0.15, 0.2) is 15.8 Å². The van der Waals surface area contributed by atoms with Gasteiger partial charge in [0, 0.05) is 10.6 Å². The van der Waals surface area contributed by atoms with E-state index in [-0.39, 0.29) is 5.30 Å². The number of hydrogen-bond acceptors (Lipinski definition) is 5. The normalized spacial score (nSPS) is 31.8. The average molecular weight is 386 g/mol. The van der Waals surface area contributed by atoms with Crippen molar-refractivity contribution in [2.75, 3.05) is 4.43 Å². The molecule has 1 aromatic heterocycles. The highest BCUT2D eigenvalue weighted by Gasteiger charge is 2.43. The number of hydrogen-bond donors (Lipinski definition) is 3. The summed E-state index contributed by atoms with van der Waals surface area (Å²) >= 11 is 2.02. The highest BCUT2D eigenvalue weighted by molar-refractivity contribution is 14.1. The molecule has 0 amide bonds. The third-order valence-electron chi connectivity index (χ3n) is 2.76. The molecule has 0 spiro atoms. The third-order valence-corrected chi connectivity index (χ3v) is 4.04. The zero-order chi connectivity index (χ0) is 13.4. The smallest absolute Gasteiger partial charge is 0.330 e. The van der Waals surface area contributed by atoms with Gasteiger partial charge in [-0.05, 0) is 0 Å². The standard InChI is InChI=1S/C9H12IN2O5P/c10-1-3-5(13)6(14)8(17-3)12-2-4(18)7(15)11-9(12)16/h2-3,5-6,8,13-14H,1,18H2,(H,11,15,16). The van der Waals surface area contributed by atoms with Crippen LogP contribution in [0.5, 0.6) is 0 Å². The number of aromatic amines is 1. The fourth-order valence-corrected chi connectivity index (χ4v) is 2.74. The zero-order valence-corrected chi connectivity index (χ0v) is 12.4. The molecule has 5 atom stereocenters. The molecule has 0 saturated carbocycles. The maximum absolute atomic E-state index is 11.7. The zero-order valence-electron chi connectivity index (χ0n) is 9.12. The largest absolute Gasteiger partial charge is 0.387 e. The van der Waals surface area contributed by atoms with Gasteiger partial charge in [0.25, 0.3) is 5.56 Å². The van der Waals surface area contributed by atoms with Gasteiger partial charge in [0.15, 0.2) is 6.23 Å². The van der Waals surface area contributed by atoms with Crippen LogP contribution in [-0.4, -0.2) is 42.5 Å². The fourth-order valence-electron chi connectivity index (χ4n) is 1.78. The number of nitrogens with one attached hydrogen (secondary N) is 1. The molecule has 0 aromatic carbocycles. The summed E-state index contributed by atoms with van der Waals surface area (Å²) in [4.78, 5) is 25.0. The molecular weight excluding hydrogens is 374 g/mol. The van der Waals surface area contributed by atoms with E-state index >= 15 is 0 Å². The highest BCUT2D eigenvalue weighted by atomic mass is 127. The first-order valence-electron chi connectivity index (χ1n) is 5.14. The molecule has 5 unspecified atom stereocenters. The lowest BCUT2D eigenvalue weighted by Crippen LogP contribution is -2.41. The summed E-state index contributed by atoms with van der Waals surface area (Å²) < 4.78 is 6.98. The lowest BCUT2D eigenvalue weighted by molar-refractivity contribution is -0.0333. The SMILES string of the molecule is O=c1[nH]c(=O)n(C2OC(CI)C(O)C2O)cc1P. The van der Waals surface area contributed by atoms with E-state index in [1.807, 2.05) is 22.6 Å². The Morgan fingerprint density at radius 1 is 1.44 bits per heavy atom. The van der Waals surface area contributed by atoms with Crippen LogP contribution in [0.25, 0.3) is 0 Å². The number of ether oxygens (including phenoxy) is 1. The second-order valence-electron chi connectivity index (χ2n) is 3.95. The van der Waals surface area contributed by atoms with Crippen LogP contribution >= 0.6 is 31.8 Å². The topological polar surface area (TPSA) is 105 Å². The minimum absolute atomic E-state index is 0.248. The van der Waals surface area contributed by atoms with E-state index < -0.39 is 35.8 Å². The second-order valence-corrected chi connectivity index (χ2v) is 5.45. The molecule has 1 fully saturated rings. The number of aromatic nitrogens is 2. The number of H-pyrrole nitrogens is 1. The van der Waals surface area contributed by atoms with Crippen LogP contribution in [0.1, 0.15) is 6.23 Å². The Bertz CT molecular complexity index is 559. The quantitative estimate of drug-likeness (QED) is 0.313. The molecule has 0 radical (unpaired) electrons. The number of aliphatic hydroxyl groups is 2. The van der Waals surface area contributed by atoms with Crippen molar-refractivity contribution in [3.8, 4) is 0 Å². The van der Waals surface area contributed by atoms with Gasteiger partial charge < -0.3 is 14.9 Å². The minimum atomic E-state index is -1.21. The molecule has 1 saturated heterocycles. The van der Waals surface area contributed by atoms with Gasteiger partial charge in [0.1, 0.15) is 12.2 Å². The van der Waals surface area contributed by atoms with E-state index in [1.165, 1.54) is 6.20 Å². The van der Waals surface area contributed by atoms with Crippen LogP contribution in [0.3, 0.4) is 0 Å². The Labute approximate surface area is 118 Å². The van der Waals surface area contributed by atoms with Crippen molar-refractivity contribution in [3.63, 3.8) is 0 Å². The summed E-state index contributed by atoms with van der Waals surface area (Å²) in [5, 5.41) is 19.8. The van der Waals surface area contributed by atoms with Crippen molar-refractivity contribution in [1.82, 2.24) is 9.55 Å². The number of nitrogens with zero attached hydrogens (tertiary/aromatic N) is 1. The van der Waals surface area contributed by atoms with Crippen molar-refractivity contribution >= 4 is 37.1 Å². The lowest BCUT2D eigenvalue weighted by atomic mass is 10.1. The number of rotatable bonds is 2. The van der Waals surface area contributed by atoms with Crippen LogP contribution in [0, 0.1) is 0 Å². The molecular formula is C9H12IN2O5P. The first-order valence-corrected chi connectivity index (χ1v) is 7.24. The van der Waals surface area contributed by atoms with Gasteiger partial charge in [-0.15, -0.1) is 0 Å². The van der Waals surface area contributed by atoms with Gasteiger partial charge in [-0.3, -0.25) is 14.3 Å². The van der Waals surface area contributed by atoms with E-state index in [0.29, 0.717) is 4.43 Å². The first kappa shape index (κ1) is 14.1. The molecule has 9 heteroatoms. The van der Waals surface area contributed by atoms with Crippen LogP contribution in [-0.2, 0) is 4.74 Å². The third kappa shape index (κ3) is 2.39. The minimum Gasteiger partial charge on any atom is -0.387 e. The molecule has 3 N–H and O–H groups in total. The van der Waals surface area contributed by atoms with E-state index in [1.54, 1.807) is 0 Å². The Morgan fingerprint density at radius 3 is 2.67 bits per heavy atom. The van der Waals surface area contributed by atoms with Gasteiger partial charge in [-0.1, -0.05) is 31.8 Å². The lowest BCUT2D eigenvalue weighted by Gasteiger charge is -2.17. The monoisotopic (exact) mass is 386 g/mol. The molecule has 0 bridgehead atoms. The van der Waals surface area contributed by atoms with Gasteiger partial charge in [-0.2, -0.15) is 0 Å². The molecule has 1 aliphatic heterocycles. The summed E-state index contributed by atoms with van der Waals surface area (Å²) in [5.41, 5.74) is -1.20. The molecule has 7 nitrogen and oxygen atoms in total. The predicted octanol–water partition coefficient (Wildman–Crippen LogP) is -1.91. The van der Waals surface area contributed by atoms with Gasteiger partial charge in [-0.25, -0.2) is 4.79 Å². The molecule has 18 heavy (non-hydrogen) atoms. The maximum atomic E-state index is 11.7. The van der Waals surface area contributed by atoms with Crippen molar-refractivity contribution in [3.05, 3.63) is 27.0 Å². The van der Waals surface area contributed by atoms with Gasteiger partial charge in [0.05, 0.1) is 11.4 Å². The second kappa shape index (κ2) is 5.38. The number of aliphatic hydroxyl groups excluding tert-OH is 2.